The van der Waals surface area contributed by atoms with E-state index in [0.717, 1.165) is 25.7 Å². The summed E-state index contributed by atoms with van der Waals surface area (Å²) in [5.74, 6) is -3.71. The highest BCUT2D eigenvalue weighted by Crippen LogP contribution is 2.38. The predicted octanol–water partition coefficient (Wildman–Crippen LogP) is 7.36. The van der Waals surface area contributed by atoms with Crippen LogP contribution in [-0.2, 0) is 0 Å². The molecule has 0 amide bonds. The van der Waals surface area contributed by atoms with Crippen LogP contribution in [0.4, 0.5) is 17.6 Å². The second-order valence-electron chi connectivity index (χ2n) is 8.67. The van der Waals surface area contributed by atoms with Crippen LogP contribution in [0.3, 0.4) is 0 Å². The highest BCUT2D eigenvalue weighted by Gasteiger charge is 2.26. The van der Waals surface area contributed by atoms with E-state index in [-0.39, 0.29) is 35.3 Å². The van der Waals surface area contributed by atoms with Crippen LogP contribution < -0.4 is 4.74 Å². The largest absolute Gasteiger partial charge is 0.494 e. The van der Waals surface area contributed by atoms with Gasteiger partial charge in [0.1, 0.15) is 0 Å². The molecule has 0 aliphatic heterocycles. The van der Waals surface area contributed by atoms with Crippen molar-refractivity contribution < 1.29 is 27.4 Å². The Hall–Kier alpha value is -3.12. The maximum atomic E-state index is 14.9. The molecule has 0 aromatic heterocycles. The van der Waals surface area contributed by atoms with Gasteiger partial charge < -0.3 is 9.84 Å². The van der Waals surface area contributed by atoms with E-state index in [1.54, 1.807) is 42.5 Å². The molecule has 4 rings (SSSR count). The first kappa shape index (κ1) is 24.0. The van der Waals surface area contributed by atoms with E-state index < -0.39 is 23.3 Å². The third-order valence-corrected chi connectivity index (χ3v) is 6.63. The van der Waals surface area contributed by atoms with Gasteiger partial charge >= 0.3 is 0 Å². The Morgan fingerprint density at radius 2 is 1.50 bits per heavy atom. The van der Waals surface area contributed by atoms with E-state index in [1.807, 2.05) is 0 Å². The third kappa shape index (κ3) is 4.87. The van der Waals surface area contributed by atoms with E-state index in [9.17, 15) is 22.7 Å². The van der Waals surface area contributed by atoms with Gasteiger partial charge in [-0.2, -0.15) is 4.39 Å². The maximum absolute atomic E-state index is 14.9. The minimum atomic E-state index is -1.05. The topological polar surface area (TPSA) is 29.5 Å². The lowest BCUT2D eigenvalue weighted by Crippen LogP contribution is -2.17. The average molecular weight is 471 g/mol. The van der Waals surface area contributed by atoms with Gasteiger partial charge in [0.15, 0.2) is 23.2 Å². The molecule has 34 heavy (non-hydrogen) atoms. The van der Waals surface area contributed by atoms with Crippen LogP contribution in [0.5, 0.6) is 5.75 Å². The Kier molecular flexibility index (Phi) is 7.37. The van der Waals surface area contributed by atoms with Crippen molar-refractivity contribution >= 4 is 12.2 Å². The monoisotopic (exact) mass is 470 g/mol. The molecule has 0 heterocycles. The molecule has 1 aliphatic rings. The number of halogens is 4. The Balaban J connectivity index is 1.51. The molecule has 3 aromatic carbocycles. The standard InChI is InChI=1S/C28H26F4O2/c1-34-24-15-12-21(25(29)28(24)32)11-4-17-2-7-19(8-3-17)22-13-14-23(27(31)26(22)30)20-9-5-18(16-33)6-10-20/h2-4,7-8,11-15,18,20,33H,5-6,9-10,16H2,1H3. The Bertz CT molecular complexity index is 1180. The molecule has 1 saturated carbocycles. The van der Waals surface area contributed by atoms with Crippen molar-refractivity contribution in [3.8, 4) is 16.9 Å². The number of hydrogen-bond acceptors (Lipinski definition) is 2. The van der Waals surface area contributed by atoms with Gasteiger partial charge in [-0.25, -0.2) is 13.2 Å². The summed E-state index contributed by atoms with van der Waals surface area (Å²) in [5, 5.41) is 9.29. The summed E-state index contributed by atoms with van der Waals surface area (Å²) < 4.78 is 62.6. The van der Waals surface area contributed by atoms with Crippen molar-refractivity contribution in [2.24, 2.45) is 5.92 Å². The van der Waals surface area contributed by atoms with E-state index in [0.29, 0.717) is 16.7 Å². The lowest BCUT2D eigenvalue weighted by Gasteiger charge is -2.28. The Morgan fingerprint density at radius 3 is 2.15 bits per heavy atom. The highest BCUT2D eigenvalue weighted by molar-refractivity contribution is 5.73. The molecule has 3 aromatic rings. The first-order valence-corrected chi connectivity index (χ1v) is 11.3. The third-order valence-electron chi connectivity index (χ3n) is 6.63. The fourth-order valence-corrected chi connectivity index (χ4v) is 4.55. The minimum absolute atomic E-state index is 0.0398. The number of aliphatic hydroxyl groups is 1. The number of benzene rings is 3. The summed E-state index contributed by atoms with van der Waals surface area (Å²) in [4.78, 5) is 0. The molecule has 6 heteroatoms. The molecule has 2 nitrogen and oxygen atoms in total. The second kappa shape index (κ2) is 10.4. The number of aliphatic hydroxyl groups excluding tert-OH is 1. The number of rotatable bonds is 6. The van der Waals surface area contributed by atoms with Gasteiger partial charge in [0, 0.05) is 17.7 Å². The van der Waals surface area contributed by atoms with Crippen molar-refractivity contribution in [2.75, 3.05) is 13.7 Å². The van der Waals surface area contributed by atoms with Crippen molar-refractivity contribution in [1.82, 2.24) is 0 Å². The zero-order chi connectivity index (χ0) is 24.2. The highest BCUT2D eigenvalue weighted by atomic mass is 19.2. The first-order valence-electron chi connectivity index (χ1n) is 11.3. The van der Waals surface area contributed by atoms with Gasteiger partial charge in [-0.15, -0.1) is 0 Å². The molecule has 0 radical (unpaired) electrons. The number of methoxy groups -OCH3 is 1. The van der Waals surface area contributed by atoms with E-state index in [2.05, 4.69) is 0 Å². The zero-order valence-electron chi connectivity index (χ0n) is 18.8. The molecule has 0 unspecified atom stereocenters. The molecule has 178 valence electrons. The molecule has 0 saturated heterocycles. The SMILES string of the molecule is COc1ccc(C=Cc2ccc(-c3ccc(C4CCC(CO)CC4)c(F)c3F)cc2)c(F)c1F. The summed E-state index contributed by atoms with van der Waals surface area (Å²) in [7, 11) is 1.26. The maximum Gasteiger partial charge on any atom is 0.201 e. The zero-order valence-corrected chi connectivity index (χ0v) is 18.8. The van der Waals surface area contributed by atoms with Crippen LogP contribution in [0.2, 0.25) is 0 Å². The van der Waals surface area contributed by atoms with Crippen molar-refractivity contribution in [2.45, 2.75) is 31.6 Å². The normalized spacial score (nSPS) is 18.4. The van der Waals surface area contributed by atoms with Crippen LogP contribution >= 0.6 is 0 Å². The summed E-state index contributed by atoms with van der Waals surface area (Å²) >= 11 is 0. The molecule has 1 aliphatic carbocycles. The summed E-state index contributed by atoms with van der Waals surface area (Å²) in [6.45, 7) is 0.139. The lowest BCUT2D eigenvalue weighted by atomic mass is 9.78. The van der Waals surface area contributed by atoms with Gasteiger partial charge in [-0.05, 0) is 66.3 Å². The lowest BCUT2D eigenvalue weighted by molar-refractivity contribution is 0.181. The van der Waals surface area contributed by atoms with Crippen LogP contribution in [0, 0.1) is 29.2 Å². The van der Waals surface area contributed by atoms with Gasteiger partial charge in [0.25, 0.3) is 0 Å². The molecular weight excluding hydrogens is 444 g/mol. The smallest absolute Gasteiger partial charge is 0.201 e. The molecule has 0 bridgehead atoms. The minimum Gasteiger partial charge on any atom is -0.494 e. The van der Waals surface area contributed by atoms with Gasteiger partial charge in [0.05, 0.1) is 7.11 Å². The van der Waals surface area contributed by atoms with Crippen LogP contribution in [0.1, 0.15) is 48.3 Å². The number of hydrogen-bond donors (Lipinski definition) is 1. The molecular formula is C28H26F4O2. The average Bonchev–Trinajstić information content (AvgIpc) is 2.87. The van der Waals surface area contributed by atoms with Crippen molar-refractivity contribution in [1.29, 1.82) is 0 Å². The molecule has 0 spiro atoms. The van der Waals surface area contributed by atoms with E-state index in [4.69, 9.17) is 4.74 Å². The second-order valence-corrected chi connectivity index (χ2v) is 8.67. The summed E-state index contributed by atoms with van der Waals surface area (Å²) in [6, 6.07) is 12.7. The summed E-state index contributed by atoms with van der Waals surface area (Å²) in [6.07, 6.45) is 6.14. The summed E-state index contributed by atoms with van der Waals surface area (Å²) in [5.41, 5.74) is 1.84. The van der Waals surface area contributed by atoms with Crippen molar-refractivity contribution in [3.05, 3.63) is 88.5 Å². The van der Waals surface area contributed by atoms with E-state index in [1.165, 1.54) is 25.3 Å². The van der Waals surface area contributed by atoms with Gasteiger partial charge in [-0.1, -0.05) is 48.6 Å². The molecule has 1 N–H and O–H groups in total. The predicted molar refractivity (Wildman–Crippen MR) is 125 cm³/mol. The van der Waals surface area contributed by atoms with Gasteiger partial charge in [0.2, 0.25) is 5.82 Å². The van der Waals surface area contributed by atoms with Crippen LogP contribution in [0.25, 0.3) is 23.3 Å². The molecule has 1 fully saturated rings. The Morgan fingerprint density at radius 1 is 0.794 bits per heavy atom. The molecule has 0 atom stereocenters. The van der Waals surface area contributed by atoms with Crippen LogP contribution in [0.15, 0.2) is 48.5 Å². The van der Waals surface area contributed by atoms with Crippen LogP contribution in [-0.4, -0.2) is 18.8 Å². The van der Waals surface area contributed by atoms with Crippen molar-refractivity contribution in [3.63, 3.8) is 0 Å². The van der Waals surface area contributed by atoms with E-state index >= 15 is 0 Å². The fraction of sp³-hybridized carbons (Fsp3) is 0.286. The Labute approximate surface area is 196 Å². The number of ether oxygens (including phenoxy) is 1. The fourth-order valence-electron chi connectivity index (χ4n) is 4.55. The quantitative estimate of drug-likeness (QED) is 0.301. The first-order chi connectivity index (χ1) is 16.4. The van der Waals surface area contributed by atoms with Gasteiger partial charge in [-0.3, -0.25) is 0 Å².